The zero-order valence-electron chi connectivity index (χ0n) is 15.0. The number of aliphatic hydroxyl groups excluding tert-OH is 1. The summed E-state index contributed by atoms with van der Waals surface area (Å²) in [4.78, 5) is 1.43. The summed E-state index contributed by atoms with van der Waals surface area (Å²) >= 11 is 0. The number of aliphatic hydroxyl groups is 1. The van der Waals surface area contributed by atoms with Gasteiger partial charge in [-0.25, -0.2) is 9.13 Å². The van der Waals surface area contributed by atoms with Crippen LogP contribution in [-0.2, 0) is 13.1 Å². The fraction of sp³-hybridized carbons (Fsp3) is 0.350. The highest BCUT2D eigenvalue weighted by atomic mass is 16.3. The molecule has 2 aromatic carbocycles. The van der Waals surface area contributed by atoms with Gasteiger partial charge in [-0.05, 0) is 17.7 Å². The van der Waals surface area contributed by atoms with E-state index in [4.69, 9.17) is 5.73 Å². The van der Waals surface area contributed by atoms with Crippen LogP contribution < -0.4 is 15.2 Å². The van der Waals surface area contributed by atoms with Gasteiger partial charge in [-0.2, -0.15) is 0 Å². The van der Waals surface area contributed by atoms with Gasteiger partial charge in [0.2, 0.25) is 0 Å². The normalized spacial score (nSPS) is 12.8. The number of anilines is 1. The highest BCUT2D eigenvalue weighted by molar-refractivity contribution is 5.73. The van der Waals surface area contributed by atoms with Crippen LogP contribution in [0, 0.1) is 0 Å². The SMILES string of the molecule is C[NH+](C)CCCn1c(N)[n+](CC(O)c2ccccc2)c2ccccc21. The summed E-state index contributed by atoms with van der Waals surface area (Å²) < 4.78 is 4.19. The number of rotatable bonds is 7. The second-order valence-corrected chi connectivity index (χ2v) is 6.85. The van der Waals surface area contributed by atoms with Crippen LogP contribution in [0.1, 0.15) is 18.1 Å². The topological polar surface area (TPSA) is 59.5 Å². The smallest absolute Gasteiger partial charge is 0.356 e. The van der Waals surface area contributed by atoms with Crippen molar-refractivity contribution in [2.45, 2.75) is 25.6 Å². The molecule has 0 amide bonds. The Bertz CT molecular complexity index is 826. The number of benzene rings is 2. The Morgan fingerprint density at radius 3 is 2.48 bits per heavy atom. The summed E-state index contributed by atoms with van der Waals surface area (Å²) in [6.45, 7) is 2.42. The van der Waals surface area contributed by atoms with E-state index in [2.05, 4.69) is 30.8 Å². The molecule has 3 aromatic rings. The molecule has 0 saturated heterocycles. The summed E-state index contributed by atoms with van der Waals surface area (Å²) in [5, 5.41) is 10.6. The number of hydrogen-bond acceptors (Lipinski definition) is 2. The molecule has 1 aromatic heterocycles. The molecule has 132 valence electrons. The standard InChI is InChI=1S/C20H26N4O/c1-22(2)13-8-14-23-17-11-6-7-12-18(17)24(20(23)21)15-19(25)16-9-4-3-5-10-16/h3-7,9-12,19,21,25H,8,13-15H2,1-2H3/p+2. The van der Waals surface area contributed by atoms with Crippen molar-refractivity contribution >= 4 is 17.0 Å². The van der Waals surface area contributed by atoms with E-state index in [1.807, 2.05) is 47.0 Å². The molecule has 0 bridgehead atoms. The molecule has 5 heteroatoms. The van der Waals surface area contributed by atoms with Crippen molar-refractivity contribution in [1.29, 1.82) is 0 Å². The predicted octanol–water partition coefficient (Wildman–Crippen LogP) is 0.779. The second kappa shape index (κ2) is 7.68. The molecule has 0 aliphatic heterocycles. The molecule has 4 N–H and O–H groups in total. The van der Waals surface area contributed by atoms with E-state index < -0.39 is 6.10 Å². The number of nitrogens with zero attached hydrogens (tertiary/aromatic N) is 2. The van der Waals surface area contributed by atoms with Gasteiger partial charge in [0.1, 0.15) is 23.7 Å². The van der Waals surface area contributed by atoms with Crippen LogP contribution in [0.15, 0.2) is 54.6 Å². The predicted molar refractivity (Wildman–Crippen MR) is 100 cm³/mol. The largest absolute Gasteiger partial charge is 0.385 e. The number of quaternary nitrogens is 1. The number of imidazole rings is 1. The average Bonchev–Trinajstić information content (AvgIpc) is 2.88. The summed E-state index contributed by atoms with van der Waals surface area (Å²) in [7, 11) is 4.32. The van der Waals surface area contributed by atoms with Crippen LogP contribution >= 0.6 is 0 Å². The van der Waals surface area contributed by atoms with Crippen molar-refractivity contribution in [3.8, 4) is 0 Å². The number of nitrogens with two attached hydrogens (primary N) is 1. The Labute approximate surface area is 148 Å². The van der Waals surface area contributed by atoms with Gasteiger partial charge >= 0.3 is 5.95 Å². The van der Waals surface area contributed by atoms with Gasteiger partial charge in [-0.3, -0.25) is 5.73 Å². The van der Waals surface area contributed by atoms with Crippen molar-refractivity contribution in [2.24, 2.45) is 0 Å². The van der Waals surface area contributed by atoms with Gasteiger partial charge in [0, 0.05) is 6.42 Å². The second-order valence-electron chi connectivity index (χ2n) is 6.85. The fourth-order valence-electron chi connectivity index (χ4n) is 3.28. The Balaban J connectivity index is 1.91. The molecule has 1 unspecified atom stereocenters. The van der Waals surface area contributed by atoms with E-state index in [0.717, 1.165) is 36.1 Å². The zero-order chi connectivity index (χ0) is 17.8. The minimum absolute atomic E-state index is 0.447. The zero-order valence-corrected chi connectivity index (χ0v) is 15.0. The lowest BCUT2D eigenvalue weighted by Gasteiger charge is -2.10. The third-order valence-corrected chi connectivity index (χ3v) is 4.61. The average molecular weight is 340 g/mol. The molecular weight excluding hydrogens is 312 g/mol. The fourth-order valence-corrected chi connectivity index (χ4v) is 3.28. The van der Waals surface area contributed by atoms with Gasteiger partial charge < -0.3 is 10.0 Å². The molecule has 0 aliphatic rings. The molecule has 25 heavy (non-hydrogen) atoms. The Morgan fingerprint density at radius 2 is 1.76 bits per heavy atom. The summed E-state index contributed by atoms with van der Waals surface area (Å²) in [6, 6.07) is 17.9. The van der Waals surface area contributed by atoms with E-state index >= 15 is 0 Å². The molecule has 0 radical (unpaired) electrons. The van der Waals surface area contributed by atoms with E-state index in [1.54, 1.807) is 0 Å². The maximum absolute atomic E-state index is 10.6. The van der Waals surface area contributed by atoms with Crippen molar-refractivity contribution in [1.82, 2.24) is 4.57 Å². The van der Waals surface area contributed by atoms with Crippen molar-refractivity contribution in [3.05, 3.63) is 60.2 Å². The Hall–Kier alpha value is -2.37. The maximum Gasteiger partial charge on any atom is 0.356 e. The first-order chi connectivity index (χ1) is 12.1. The van der Waals surface area contributed by atoms with Crippen LogP contribution in [0.5, 0.6) is 0 Å². The number of hydrogen-bond donors (Lipinski definition) is 3. The van der Waals surface area contributed by atoms with Crippen LogP contribution in [-0.4, -0.2) is 30.3 Å². The molecule has 0 spiro atoms. The molecule has 0 fully saturated rings. The minimum atomic E-state index is -0.584. The lowest BCUT2D eigenvalue weighted by Crippen LogP contribution is -3.05. The van der Waals surface area contributed by atoms with Crippen molar-refractivity contribution in [3.63, 3.8) is 0 Å². The lowest BCUT2D eigenvalue weighted by molar-refractivity contribution is -0.858. The molecule has 0 aliphatic carbocycles. The Morgan fingerprint density at radius 1 is 1.08 bits per heavy atom. The quantitative estimate of drug-likeness (QED) is 0.557. The van der Waals surface area contributed by atoms with Crippen LogP contribution in [0.4, 0.5) is 5.95 Å². The van der Waals surface area contributed by atoms with Crippen molar-refractivity contribution < 1.29 is 14.6 Å². The van der Waals surface area contributed by atoms with E-state index in [0.29, 0.717) is 12.5 Å². The van der Waals surface area contributed by atoms with Gasteiger partial charge in [-0.1, -0.05) is 42.5 Å². The number of para-hydroxylation sites is 2. The molecule has 1 heterocycles. The lowest BCUT2D eigenvalue weighted by atomic mass is 10.1. The molecular formula is C20H28N4O+2. The molecule has 3 rings (SSSR count). The van der Waals surface area contributed by atoms with Gasteiger partial charge in [0.25, 0.3) is 0 Å². The third kappa shape index (κ3) is 3.83. The first-order valence-electron chi connectivity index (χ1n) is 8.86. The summed E-state index contributed by atoms with van der Waals surface area (Å²) in [5.41, 5.74) is 9.55. The molecule has 1 atom stereocenters. The first kappa shape index (κ1) is 17.5. The van der Waals surface area contributed by atoms with E-state index in [1.165, 1.54) is 4.90 Å². The van der Waals surface area contributed by atoms with Gasteiger partial charge in [0.15, 0.2) is 0 Å². The van der Waals surface area contributed by atoms with Crippen LogP contribution in [0.25, 0.3) is 11.0 Å². The van der Waals surface area contributed by atoms with Gasteiger partial charge in [0.05, 0.1) is 27.2 Å². The number of nitrogen functional groups attached to an aromatic ring is 1. The van der Waals surface area contributed by atoms with Crippen LogP contribution in [0.3, 0.4) is 0 Å². The molecule has 0 saturated carbocycles. The summed E-state index contributed by atoms with van der Waals surface area (Å²) in [6.07, 6.45) is 0.478. The highest BCUT2D eigenvalue weighted by Gasteiger charge is 2.23. The highest BCUT2D eigenvalue weighted by Crippen LogP contribution is 2.19. The summed E-state index contributed by atoms with van der Waals surface area (Å²) in [5.74, 6) is 0.699. The number of aromatic nitrogens is 2. The monoisotopic (exact) mass is 340 g/mol. The van der Waals surface area contributed by atoms with E-state index in [-0.39, 0.29) is 0 Å². The third-order valence-electron chi connectivity index (χ3n) is 4.61. The molecule has 5 nitrogen and oxygen atoms in total. The first-order valence-corrected chi connectivity index (χ1v) is 8.86. The minimum Gasteiger partial charge on any atom is -0.385 e. The Kier molecular flexibility index (Phi) is 5.36. The van der Waals surface area contributed by atoms with Crippen molar-refractivity contribution in [2.75, 3.05) is 26.4 Å². The maximum atomic E-state index is 10.6. The van der Waals surface area contributed by atoms with Crippen LogP contribution in [0.2, 0.25) is 0 Å². The number of nitrogens with one attached hydrogen (secondary N) is 1. The van der Waals surface area contributed by atoms with E-state index in [9.17, 15) is 5.11 Å². The number of aryl methyl sites for hydroxylation is 1. The number of fused-ring (bicyclic) bond motifs is 1. The van der Waals surface area contributed by atoms with Gasteiger partial charge in [-0.15, -0.1) is 0 Å².